The van der Waals surface area contributed by atoms with Crippen LogP contribution in [0.5, 0.6) is 0 Å². The number of aromatic nitrogens is 1. The fraction of sp³-hybridized carbons (Fsp3) is 0.217. The van der Waals surface area contributed by atoms with Crippen LogP contribution in [-0.2, 0) is 0 Å². The fourth-order valence-corrected chi connectivity index (χ4v) is 4.30. The molecule has 3 aromatic rings. The van der Waals surface area contributed by atoms with Gasteiger partial charge >= 0.3 is 0 Å². The monoisotopic (exact) mass is 374 g/mol. The van der Waals surface area contributed by atoms with E-state index in [1.807, 2.05) is 59.6 Å². The van der Waals surface area contributed by atoms with E-state index >= 15 is 0 Å². The zero-order valence-corrected chi connectivity index (χ0v) is 15.9. The van der Waals surface area contributed by atoms with Gasteiger partial charge in [0.1, 0.15) is 5.03 Å². The number of pyridine rings is 1. The second-order valence-electron chi connectivity index (χ2n) is 6.72. The summed E-state index contributed by atoms with van der Waals surface area (Å²) in [5.41, 5.74) is 1.88. The molecule has 1 saturated heterocycles. The van der Waals surface area contributed by atoms with Crippen molar-refractivity contribution in [2.75, 3.05) is 6.54 Å². The number of rotatable bonds is 4. The Balaban J connectivity index is 1.52. The molecule has 0 N–H and O–H groups in total. The molecule has 27 heavy (non-hydrogen) atoms. The van der Waals surface area contributed by atoms with Gasteiger partial charge in [0.05, 0.1) is 6.04 Å². The first-order chi connectivity index (χ1) is 13.3. The van der Waals surface area contributed by atoms with Crippen molar-refractivity contribution < 1.29 is 4.79 Å². The minimum absolute atomic E-state index is 0.106. The number of likely N-dealkylation sites (tertiary alicyclic amines) is 1. The molecule has 1 aliphatic heterocycles. The van der Waals surface area contributed by atoms with Gasteiger partial charge in [-0.15, -0.1) is 0 Å². The molecule has 136 valence electrons. The van der Waals surface area contributed by atoms with E-state index < -0.39 is 0 Å². The van der Waals surface area contributed by atoms with Crippen LogP contribution in [0.2, 0.25) is 0 Å². The number of benzene rings is 2. The van der Waals surface area contributed by atoms with E-state index in [2.05, 4.69) is 29.2 Å². The van der Waals surface area contributed by atoms with Crippen molar-refractivity contribution in [1.82, 2.24) is 9.88 Å². The lowest BCUT2D eigenvalue weighted by Gasteiger charge is -2.36. The first-order valence-electron chi connectivity index (χ1n) is 9.36. The van der Waals surface area contributed by atoms with Crippen LogP contribution in [-0.4, -0.2) is 22.3 Å². The Hall–Kier alpha value is -2.59. The molecule has 4 heteroatoms. The van der Waals surface area contributed by atoms with Crippen molar-refractivity contribution in [1.29, 1.82) is 0 Å². The van der Waals surface area contributed by atoms with Crippen LogP contribution in [0.3, 0.4) is 0 Å². The fourth-order valence-electron chi connectivity index (χ4n) is 3.53. The average Bonchev–Trinajstić information content (AvgIpc) is 2.75. The quantitative estimate of drug-likeness (QED) is 0.596. The van der Waals surface area contributed by atoms with Gasteiger partial charge in [0.2, 0.25) is 0 Å². The maximum Gasteiger partial charge on any atom is 0.254 e. The molecule has 2 aromatic carbocycles. The highest BCUT2D eigenvalue weighted by Gasteiger charge is 2.28. The Bertz CT molecular complexity index is 881. The summed E-state index contributed by atoms with van der Waals surface area (Å²) in [5, 5.41) is 0.974. The number of amides is 1. The molecule has 0 spiro atoms. The Morgan fingerprint density at radius 1 is 0.926 bits per heavy atom. The lowest BCUT2D eigenvalue weighted by molar-refractivity contribution is 0.0611. The topological polar surface area (TPSA) is 33.2 Å². The van der Waals surface area contributed by atoms with E-state index in [0.29, 0.717) is 0 Å². The highest BCUT2D eigenvalue weighted by atomic mass is 32.2. The first-order valence-corrected chi connectivity index (χ1v) is 10.2. The Kier molecular flexibility index (Phi) is 5.54. The van der Waals surface area contributed by atoms with Crippen LogP contribution >= 0.6 is 11.8 Å². The molecule has 1 aliphatic rings. The van der Waals surface area contributed by atoms with E-state index in [9.17, 15) is 4.79 Å². The third-order valence-corrected chi connectivity index (χ3v) is 5.85. The van der Waals surface area contributed by atoms with Crippen molar-refractivity contribution in [2.45, 2.75) is 35.2 Å². The normalized spacial score (nSPS) is 16.9. The second-order valence-corrected chi connectivity index (χ2v) is 7.81. The van der Waals surface area contributed by atoms with Gasteiger partial charge in [0, 0.05) is 23.2 Å². The van der Waals surface area contributed by atoms with Gasteiger partial charge in [-0.25, -0.2) is 4.98 Å². The molecule has 4 rings (SSSR count). The maximum absolute atomic E-state index is 13.0. The van der Waals surface area contributed by atoms with Crippen LogP contribution in [0.4, 0.5) is 0 Å². The summed E-state index contributed by atoms with van der Waals surface area (Å²) in [6, 6.07) is 24.1. The van der Waals surface area contributed by atoms with E-state index in [4.69, 9.17) is 0 Å². The molecule has 0 saturated carbocycles. The van der Waals surface area contributed by atoms with Gasteiger partial charge in [0.25, 0.3) is 5.91 Å². The molecular weight excluding hydrogens is 352 g/mol. The number of piperidine rings is 1. The molecule has 0 bridgehead atoms. The van der Waals surface area contributed by atoms with E-state index in [1.165, 1.54) is 4.90 Å². The molecule has 3 nitrogen and oxygen atoms in total. The lowest BCUT2D eigenvalue weighted by Crippen LogP contribution is -2.38. The Morgan fingerprint density at radius 2 is 1.67 bits per heavy atom. The van der Waals surface area contributed by atoms with Crippen LogP contribution in [0, 0.1) is 0 Å². The summed E-state index contributed by atoms with van der Waals surface area (Å²) in [5.74, 6) is 0.114. The predicted molar refractivity (Wildman–Crippen MR) is 109 cm³/mol. The van der Waals surface area contributed by atoms with E-state index in [1.54, 1.807) is 11.8 Å². The summed E-state index contributed by atoms with van der Waals surface area (Å²) in [6.07, 6.45) is 5.13. The standard InChI is InChI=1S/C23H22N2OS/c26-23(18-9-3-1-4-10-18)25-16-8-7-13-21(25)19-14-15-22(24-17-19)27-20-11-5-2-6-12-20/h1-6,9-12,14-15,17,21H,7-8,13,16H2/t21-/m1/s1. The predicted octanol–water partition coefficient (Wildman–Crippen LogP) is 5.60. The number of nitrogens with zero attached hydrogens (tertiary/aromatic N) is 2. The van der Waals surface area contributed by atoms with Gasteiger partial charge in [0.15, 0.2) is 0 Å². The number of hydrogen-bond donors (Lipinski definition) is 0. The smallest absolute Gasteiger partial charge is 0.254 e. The number of carbonyl (C=O) groups is 1. The van der Waals surface area contributed by atoms with Crippen molar-refractivity contribution in [3.8, 4) is 0 Å². The highest BCUT2D eigenvalue weighted by molar-refractivity contribution is 7.99. The summed E-state index contributed by atoms with van der Waals surface area (Å²) in [7, 11) is 0. The molecule has 1 fully saturated rings. The third-order valence-electron chi connectivity index (χ3n) is 4.89. The van der Waals surface area contributed by atoms with Gasteiger partial charge < -0.3 is 4.90 Å². The molecule has 2 heterocycles. The Labute approximate surface area is 164 Å². The van der Waals surface area contributed by atoms with Crippen molar-refractivity contribution in [3.05, 3.63) is 90.1 Å². The van der Waals surface area contributed by atoms with Crippen LogP contribution < -0.4 is 0 Å². The summed E-state index contributed by atoms with van der Waals surface area (Å²) in [6.45, 7) is 0.804. The van der Waals surface area contributed by atoms with Gasteiger partial charge in [-0.05, 0) is 55.2 Å². The zero-order chi connectivity index (χ0) is 18.5. The minimum atomic E-state index is 0.106. The van der Waals surface area contributed by atoms with Crippen molar-refractivity contribution in [3.63, 3.8) is 0 Å². The number of hydrogen-bond acceptors (Lipinski definition) is 3. The molecule has 0 radical (unpaired) electrons. The van der Waals surface area contributed by atoms with E-state index in [-0.39, 0.29) is 11.9 Å². The summed E-state index contributed by atoms with van der Waals surface area (Å²) < 4.78 is 0. The average molecular weight is 375 g/mol. The van der Waals surface area contributed by atoms with Gasteiger partial charge in [-0.2, -0.15) is 0 Å². The molecular formula is C23H22N2OS. The van der Waals surface area contributed by atoms with Crippen LogP contribution in [0.15, 0.2) is 88.9 Å². The molecule has 0 unspecified atom stereocenters. The molecule has 1 aromatic heterocycles. The van der Waals surface area contributed by atoms with Gasteiger partial charge in [-0.1, -0.05) is 54.2 Å². The first kappa shape index (κ1) is 17.8. The maximum atomic E-state index is 13.0. The molecule has 1 atom stereocenters. The zero-order valence-electron chi connectivity index (χ0n) is 15.1. The number of carbonyl (C=O) groups excluding carboxylic acids is 1. The van der Waals surface area contributed by atoms with Crippen molar-refractivity contribution in [2.24, 2.45) is 0 Å². The van der Waals surface area contributed by atoms with Gasteiger partial charge in [-0.3, -0.25) is 4.79 Å². The summed E-state index contributed by atoms with van der Waals surface area (Å²) >= 11 is 1.66. The van der Waals surface area contributed by atoms with Crippen LogP contribution in [0.1, 0.15) is 41.2 Å². The summed E-state index contributed by atoms with van der Waals surface area (Å²) in [4.78, 5) is 20.8. The Morgan fingerprint density at radius 3 is 2.37 bits per heavy atom. The lowest BCUT2D eigenvalue weighted by atomic mass is 9.95. The second kappa shape index (κ2) is 8.40. The van der Waals surface area contributed by atoms with Crippen molar-refractivity contribution >= 4 is 17.7 Å². The third kappa shape index (κ3) is 4.22. The highest BCUT2D eigenvalue weighted by Crippen LogP contribution is 2.33. The van der Waals surface area contributed by atoms with Crippen LogP contribution in [0.25, 0.3) is 0 Å². The minimum Gasteiger partial charge on any atom is -0.332 e. The molecule has 0 aliphatic carbocycles. The largest absolute Gasteiger partial charge is 0.332 e. The van der Waals surface area contributed by atoms with E-state index in [0.717, 1.165) is 42.0 Å². The molecule has 1 amide bonds. The SMILES string of the molecule is O=C(c1ccccc1)N1CCCC[C@@H]1c1ccc(Sc2ccccc2)nc1.